The van der Waals surface area contributed by atoms with Crippen molar-refractivity contribution in [3.05, 3.63) is 121 Å². The fraction of sp³-hybridized carbons (Fsp3) is 0.400. The average molecular weight is 817 g/mol. The second-order valence-corrected chi connectivity index (χ2v) is 14.9. The van der Waals surface area contributed by atoms with Crippen molar-refractivity contribution in [1.29, 1.82) is 0 Å². The zero-order valence-corrected chi connectivity index (χ0v) is 36.3. The number of anilines is 6. The Bertz CT molecular complexity index is 1930. The lowest BCUT2D eigenvalue weighted by molar-refractivity contribution is -0.523. The normalized spacial score (nSPS) is 12.2. The SMILES string of the molecule is CCN(CCCO)c1ccc(N(c2ccc(N(CC)CCCO)cc2)c2ccc([N+](=C3C=CC(=[N+](CC)CCCO)C=C3)c3ccc(N(CC)CCCO)cc3)cc2)cc1. The third kappa shape index (κ3) is 11.9. The molecule has 0 spiro atoms. The summed E-state index contributed by atoms with van der Waals surface area (Å²) in [6, 6.07) is 34.8. The van der Waals surface area contributed by atoms with Crippen LogP contribution in [0.5, 0.6) is 0 Å². The summed E-state index contributed by atoms with van der Waals surface area (Å²) in [5, 5.41) is 37.9. The molecule has 0 unspecified atom stereocenters. The van der Waals surface area contributed by atoms with Crippen molar-refractivity contribution in [2.75, 3.05) is 98.4 Å². The van der Waals surface area contributed by atoms with E-state index in [1.54, 1.807) is 0 Å². The smallest absolute Gasteiger partial charge is 0.212 e. The highest BCUT2D eigenvalue weighted by molar-refractivity contribution is 6.18. The molecule has 0 bridgehead atoms. The van der Waals surface area contributed by atoms with Gasteiger partial charge in [-0.15, -0.1) is 0 Å². The molecule has 0 fully saturated rings. The van der Waals surface area contributed by atoms with E-state index in [0.717, 1.165) is 135 Å². The van der Waals surface area contributed by atoms with Crippen molar-refractivity contribution in [3.8, 4) is 0 Å². The fourth-order valence-electron chi connectivity index (χ4n) is 7.82. The fourth-order valence-corrected chi connectivity index (χ4v) is 7.82. The molecule has 4 N–H and O–H groups in total. The van der Waals surface area contributed by atoms with E-state index in [1.165, 1.54) is 0 Å². The first-order valence-electron chi connectivity index (χ1n) is 22.0. The molecule has 0 aromatic heterocycles. The van der Waals surface area contributed by atoms with E-state index in [0.29, 0.717) is 0 Å². The van der Waals surface area contributed by atoms with Gasteiger partial charge in [0.15, 0.2) is 5.71 Å². The lowest BCUT2D eigenvalue weighted by atomic mass is 10.1. The molecule has 10 nitrogen and oxygen atoms in total. The van der Waals surface area contributed by atoms with E-state index in [4.69, 9.17) is 0 Å². The third-order valence-corrected chi connectivity index (χ3v) is 11.1. The molecule has 0 radical (unpaired) electrons. The Labute approximate surface area is 358 Å². The van der Waals surface area contributed by atoms with E-state index in [9.17, 15) is 20.4 Å². The summed E-state index contributed by atoms with van der Waals surface area (Å²) in [7, 11) is 0. The molecule has 320 valence electrons. The summed E-state index contributed by atoms with van der Waals surface area (Å²) in [6.07, 6.45) is 11.6. The number of nitrogens with zero attached hydrogens (tertiary/aromatic N) is 6. The first-order chi connectivity index (χ1) is 29.4. The minimum absolute atomic E-state index is 0.170. The van der Waals surface area contributed by atoms with Gasteiger partial charge in [-0.3, -0.25) is 0 Å². The summed E-state index contributed by atoms with van der Waals surface area (Å²) >= 11 is 0. The van der Waals surface area contributed by atoms with Crippen LogP contribution in [-0.2, 0) is 0 Å². The van der Waals surface area contributed by atoms with Crippen molar-refractivity contribution in [2.24, 2.45) is 0 Å². The highest BCUT2D eigenvalue weighted by atomic mass is 16.3. The second-order valence-electron chi connectivity index (χ2n) is 14.9. The van der Waals surface area contributed by atoms with Gasteiger partial charge in [-0.25, -0.2) is 4.58 Å². The monoisotopic (exact) mass is 817 g/mol. The van der Waals surface area contributed by atoms with Crippen LogP contribution in [0, 0.1) is 0 Å². The van der Waals surface area contributed by atoms with Crippen LogP contribution < -0.4 is 24.2 Å². The molecule has 4 aromatic rings. The molecule has 5 rings (SSSR count). The molecule has 0 amide bonds. The van der Waals surface area contributed by atoms with Gasteiger partial charge in [0, 0.05) is 155 Å². The van der Waals surface area contributed by atoms with Crippen LogP contribution in [0.2, 0.25) is 0 Å². The molecule has 0 saturated heterocycles. The van der Waals surface area contributed by atoms with Crippen molar-refractivity contribution < 1.29 is 25.0 Å². The summed E-state index contributed by atoms with van der Waals surface area (Å²) < 4.78 is 4.58. The quantitative estimate of drug-likeness (QED) is 0.0417. The van der Waals surface area contributed by atoms with Gasteiger partial charge in [-0.2, -0.15) is 4.58 Å². The van der Waals surface area contributed by atoms with Gasteiger partial charge >= 0.3 is 0 Å². The molecule has 0 atom stereocenters. The topological polar surface area (TPSA) is 99.9 Å². The Morgan fingerprint density at radius 3 is 1.05 bits per heavy atom. The number of benzene rings is 4. The van der Waals surface area contributed by atoms with Crippen LogP contribution in [0.15, 0.2) is 121 Å². The van der Waals surface area contributed by atoms with Crippen LogP contribution in [0.1, 0.15) is 53.4 Å². The summed E-state index contributed by atoms with van der Waals surface area (Å²) in [4.78, 5) is 9.15. The Morgan fingerprint density at radius 2 is 0.717 bits per heavy atom. The van der Waals surface area contributed by atoms with Crippen molar-refractivity contribution in [3.63, 3.8) is 0 Å². The van der Waals surface area contributed by atoms with E-state index in [1.807, 2.05) is 0 Å². The predicted octanol–water partition coefficient (Wildman–Crippen LogP) is 8.04. The number of hydrogen-bond donors (Lipinski definition) is 4. The number of aliphatic hydroxyl groups is 4. The van der Waals surface area contributed by atoms with Gasteiger partial charge in [-0.1, -0.05) is 0 Å². The van der Waals surface area contributed by atoms with E-state index < -0.39 is 0 Å². The molecule has 0 aliphatic heterocycles. The maximum atomic E-state index is 9.49. The Kier molecular flexibility index (Phi) is 18.4. The molecular weight excluding hydrogens is 749 g/mol. The van der Waals surface area contributed by atoms with Crippen LogP contribution in [0.25, 0.3) is 0 Å². The standard InChI is InChI=1S/C50H68N6O4/c1-5-51(33-9-37-57)41-13-21-45(22-14-41)55(46-23-15-42(16-24-46)52(6-2)34-10-38-58)49-29-31-50(32-30-49)56(47-25-17-43(18-26-47)53(7-3)35-11-39-59)48-27-19-44(20-28-48)54(8-4)36-12-40-60/h13-32,57-60H,5-12,33-40H2,1-4H3/q+2. The molecule has 4 aromatic carbocycles. The summed E-state index contributed by atoms with van der Waals surface area (Å²) in [5.41, 5.74) is 10.7. The van der Waals surface area contributed by atoms with E-state index >= 15 is 0 Å². The van der Waals surface area contributed by atoms with Crippen molar-refractivity contribution >= 4 is 56.9 Å². The third-order valence-electron chi connectivity index (χ3n) is 11.1. The van der Waals surface area contributed by atoms with Gasteiger partial charge in [0.1, 0.15) is 13.1 Å². The zero-order valence-electron chi connectivity index (χ0n) is 36.3. The minimum Gasteiger partial charge on any atom is -0.396 e. The molecule has 1 aliphatic rings. The minimum atomic E-state index is 0.170. The van der Waals surface area contributed by atoms with Crippen LogP contribution in [0.4, 0.5) is 45.5 Å². The summed E-state index contributed by atoms with van der Waals surface area (Å²) in [6.45, 7) is 15.9. The Balaban J connectivity index is 1.58. The lowest BCUT2D eigenvalue weighted by Crippen LogP contribution is -2.25. The van der Waals surface area contributed by atoms with Crippen LogP contribution >= 0.6 is 0 Å². The van der Waals surface area contributed by atoms with Gasteiger partial charge in [-0.05, 0) is 120 Å². The van der Waals surface area contributed by atoms with E-state index in [2.05, 4.69) is 178 Å². The molecule has 1 aliphatic carbocycles. The van der Waals surface area contributed by atoms with Gasteiger partial charge < -0.3 is 40.0 Å². The van der Waals surface area contributed by atoms with Crippen LogP contribution in [-0.4, -0.2) is 115 Å². The maximum Gasteiger partial charge on any atom is 0.212 e. The zero-order chi connectivity index (χ0) is 42.7. The van der Waals surface area contributed by atoms with Crippen LogP contribution in [0.3, 0.4) is 0 Å². The maximum absolute atomic E-state index is 9.49. The Hall–Kier alpha value is -5.26. The largest absolute Gasteiger partial charge is 0.396 e. The molecule has 10 heteroatoms. The predicted molar refractivity (Wildman–Crippen MR) is 253 cm³/mol. The number of hydrogen-bond acceptors (Lipinski definition) is 8. The van der Waals surface area contributed by atoms with Gasteiger partial charge in [0.25, 0.3) is 0 Å². The number of aliphatic hydroxyl groups excluding tert-OH is 4. The van der Waals surface area contributed by atoms with Gasteiger partial charge in [0.05, 0.1) is 0 Å². The Morgan fingerprint density at radius 1 is 0.400 bits per heavy atom. The highest BCUT2D eigenvalue weighted by Crippen LogP contribution is 2.38. The molecule has 0 heterocycles. The number of allylic oxidation sites excluding steroid dienone is 4. The van der Waals surface area contributed by atoms with Gasteiger partial charge in [0.2, 0.25) is 17.1 Å². The highest BCUT2D eigenvalue weighted by Gasteiger charge is 2.23. The molecule has 0 saturated carbocycles. The summed E-state index contributed by atoms with van der Waals surface area (Å²) in [5.74, 6) is 0. The lowest BCUT2D eigenvalue weighted by Gasteiger charge is -2.28. The average Bonchev–Trinajstić information content (AvgIpc) is 3.30. The van der Waals surface area contributed by atoms with Crippen molar-refractivity contribution in [1.82, 2.24) is 4.58 Å². The first-order valence-corrected chi connectivity index (χ1v) is 22.0. The second kappa shape index (κ2) is 24.1. The molecular formula is C50H68N6O4+2. The van der Waals surface area contributed by atoms with Crippen molar-refractivity contribution in [2.45, 2.75) is 53.4 Å². The first kappa shape index (κ1) is 45.8. The van der Waals surface area contributed by atoms with E-state index in [-0.39, 0.29) is 26.4 Å². The molecule has 60 heavy (non-hydrogen) atoms. The number of rotatable bonds is 24.